The van der Waals surface area contributed by atoms with Crippen LogP contribution in [0.2, 0.25) is 0 Å². The van der Waals surface area contributed by atoms with Gasteiger partial charge in [-0.15, -0.1) is 13.2 Å². The van der Waals surface area contributed by atoms with Crippen LogP contribution in [0.3, 0.4) is 0 Å². The fourth-order valence-corrected chi connectivity index (χ4v) is 1.88. The lowest BCUT2D eigenvalue weighted by Crippen LogP contribution is -2.38. The third kappa shape index (κ3) is 3.32. The zero-order valence-electron chi connectivity index (χ0n) is 9.85. The minimum absolute atomic E-state index is 0.142. The minimum Gasteiger partial charge on any atom is -0.300 e. The van der Waals surface area contributed by atoms with Crippen molar-refractivity contribution in [2.45, 2.75) is 18.4 Å². The second-order valence-corrected chi connectivity index (χ2v) is 4.18. The molecular formula is C14H11F3O2. The molecule has 0 N–H and O–H groups in total. The van der Waals surface area contributed by atoms with Crippen LogP contribution in [0, 0.1) is 0 Å². The predicted octanol–water partition coefficient (Wildman–Crippen LogP) is 3.50. The predicted molar refractivity (Wildman–Crippen MR) is 64.1 cm³/mol. The average molecular weight is 268 g/mol. The molecule has 1 atom stereocenters. The van der Waals surface area contributed by atoms with Crippen molar-refractivity contribution in [3.05, 3.63) is 54.1 Å². The highest BCUT2D eigenvalue weighted by Gasteiger charge is 2.42. The lowest BCUT2D eigenvalue weighted by Gasteiger charge is -2.27. The van der Waals surface area contributed by atoms with E-state index in [1.807, 2.05) is 30.3 Å². The van der Waals surface area contributed by atoms with Gasteiger partial charge in [-0.25, -0.2) is 0 Å². The molecule has 19 heavy (non-hydrogen) atoms. The molecule has 2 nitrogen and oxygen atoms in total. The Bertz CT molecular complexity index is 517. The van der Waals surface area contributed by atoms with E-state index in [0.29, 0.717) is 0 Å². The zero-order chi connectivity index (χ0) is 13.9. The van der Waals surface area contributed by atoms with Gasteiger partial charge < -0.3 is 0 Å². The van der Waals surface area contributed by atoms with Crippen LogP contribution in [0.1, 0.15) is 12.0 Å². The second kappa shape index (κ2) is 5.01. The van der Waals surface area contributed by atoms with Crippen molar-refractivity contribution >= 4 is 11.9 Å². The van der Waals surface area contributed by atoms with Gasteiger partial charge in [-0.1, -0.05) is 42.5 Å². The van der Waals surface area contributed by atoms with E-state index in [9.17, 15) is 18.0 Å². The molecular weight excluding hydrogens is 257 g/mol. The quantitative estimate of drug-likeness (QED) is 0.784. The number of alkyl halides is 3. The van der Waals surface area contributed by atoms with Crippen molar-refractivity contribution in [2.24, 2.45) is 0 Å². The summed E-state index contributed by atoms with van der Waals surface area (Å²) < 4.78 is 40.7. The Morgan fingerprint density at radius 1 is 1.21 bits per heavy atom. The number of benzene rings is 1. The van der Waals surface area contributed by atoms with Crippen molar-refractivity contribution in [1.82, 2.24) is 0 Å². The highest BCUT2D eigenvalue weighted by molar-refractivity contribution is 5.79. The van der Waals surface area contributed by atoms with Crippen LogP contribution in [0.4, 0.5) is 13.2 Å². The zero-order valence-corrected chi connectivity index (χ0v) is 9.85. The lowest BCUT2D eigenvalue weighted by molar-refractivity contribution is -0.349. The van der Waals surface area contributed by atoms with E-state index in [0.717, 1.165) is 17.2 Å². The van der Waals surface area contributed by atoms with Crippen molar-refractivity contribution in [3.8, 4) is 0 Å². The molecule has 5 heteroatoms. The van der Waals surface area contributed by atoms with Gasteiger partial charge in [0.05, 0.1) is 0 Å². The first-order chi connectivity index (χ1) is 8.94. The van der Waals surface area contributed by atoms with E-state index in [4.69, 9.17) is 0 Å². The molecule has 0 radical (unpaired) electrons. The summed E-state index contributed by atoms with van der Waals surface area (Å²) in [6.07, 6.45) is -0.625. The van der Waals surface area contributed by atoms with E-state index < -0.39 is 12.0 Å². The van der Waals surface area contributed by atoms with Crippen LogP contribution in [0.5, 0.6) is 0 Å². The van der Waals surface area contributed by atoms with Crippen molar-refractivity contribution in [2.75, 3.05) is 0 Å². The topological polar surface area (TPSA) is 26.3 Å². The molecule has 1 aromatic carbocycles. The van der Waals surface area contributed by atoms with Gasteiger partial charge in [-0.3, -0.25) is 9.53 Å². The Morgan fingerprint density at radius 2 is 1.89 bits per heavy atom. The van der Waals surface area contributed by atoms with Crippen LogP contribution in [-0.4, -0.2) is 18.2 Å². The number of carbonyl (C=O) groups excluding carboxylic acids is 1. The first kappa shape index (κ1) is 13.5. The Hall–Kier alpha value is -1.88. The normalized spacial score (nSPS) is 23.0. The standard InChI is InChI=1S/C14H11F3O2/c15-14(16,17)19-13(10-18)8-6-12(7-9-13)11-4-2-1-3-5-11/h1-8,10H,9H2. The highest BCUT2D eigenvalue weighted by Crippen LogP contribution is 2.33. The van der Waals surface area contributed by atoms with Crippen LogP contribution in [0.25, 0.3) is 5.57 Å². The fourth-order valence-electron chi connectivity index (χ4n) is 1.88. The molecule has 100 valence electrons. The summed E-state index contributed by atoms with van der Waals surface area (Å²) in [6.45, 7) is 0. The maximum atomic E-state index is 12.3. The number of hydrogen-bond acceptors (Lipinski definition) is 2. The summed E-state index contributed by atoms with van der Waals surface area (Å²) in [5, 5.41) is 0. The molecule has 0 saturated carbocycles. The molecule has 0 aromatic heterocycles. The molecule has 0 aliphatic heterocycles. The van der Waals surface area contributed by atoms with Gasteiger partial charge in [0.25, 0.3) is 0 Å². The van der Waals surface area contributed by atoms with Gasteiger partial charge in [-0.05, 0) is 17.2 Å². The Morgan fingerprint density at radius 3 is 2.37 bits per heavy atom. The summed E-state index contributed by atoms with van der Waals surface area (Å²) in [7, 11) is 0. The van der Waals surface area contributed by atoms with Crippen LogP contribution >= 0.6 is 0 Å². The van der Waals surface area contributed by atoms with Gasteiger partial charge in [0.15, 0.2) is 11.9 Å². The van der Waals surface area contributed by atoms with Crippen LogP contribution in [-0.2, 0) is 9.53 Å². The number of ether oxygens (including phenoxy) is 1. The summed E-state index contributed by atoms with van der Waals surface area (Å²) >= 11 is 0. The number of allylic oxidation sites excluding steroid dienone is 2. The van der Waals surface area contributed by atoms with E-state index in [1.165, 1.54) is 6.08 Å². The minimum atomic E-state index is -4.84. The third-order valence-corrected chi connectivity index (χ3v) is 2.80. The number of rotatable bonds is 3. The lowest BCUT2D eigenvalue weighted by atomic mass is 9.90. The Labute approximate surface area is 108 Å². The molecule has 1 aromatic rings. The first-order valence-electron chi connectivity index (χ1n) is 5.62. The van der Waals surface area contributed by atoms with Gasteiger partial charge >= 0.3 is 6.36 Å². The highest BCUT2D eigenvalue weighted by atomic mass is 19.4. The van der Waals surface area contributed by atoms with Gasteiger partial charge in [-0.2, -0.15) is 0 Å². The van der Waals surface area contributed by atoms with Crippen molar-refractivity contribution in [3.63, 3.8) is 0 Å². The Kier molecular flexibility index (Phi) is 3.57. The SMILES string of the molecule is O=CC1(OC(F)(F)F)C=CC(c2ccccc2)=CC1. The first-order valence-corrected chi connectivity index (χ1v) is 5.62. The van der Waals surface area contributed by atoms with E-state index in [1.54, 1.807) is 6.08 Å². The number of aldehydes is 1. The average Bonchev–Trinajstić information content (AvgIpc) is 2.39. The van der Waals surface area contributed by atoms with E-state index in [-0.39, 0.29) is 12.7 Å². The molecule has 0 fully saturated rings. The number of carbonyl (C=O) groups is 1. The van der Waals surface area contributed by atoms with E-state index >= 15 is 0 Å². The molecule has 0 bridgehead atoms. The summed E-state index contributed by atoms with van der Waals surface area (Å²) in [6, 6.07) is 9.19. The molecule has 0 saturated heterocycles. The van der Waals surface area contributed by atoms with Crippen molar-refractivity contribution in [1.29, 1.82) is 0 Å². The van der Waals surface area contributed by atoms with Gasteiger partial charge in [0, 0.05) is 6.42 Å². The largest absolute Gasteiger partial charge is 0.523 e. The molecule has 0 amide bonds. The summed E-state index contributed by atoms with van der Waals surface area (Å²) in [5.74, 6) is 0. The molecule has 1 aliphatic carbocycles. The molecule has 1 unspecified atom stereocenters. The van der Waals surface area contributed by atoms with Crippen LogP contribution < -0.4 is 0 Å². The number of hydrogen-bond donors (Lipinski definition) is 0. The second-order valence-electron chi connectivity index (χ2n) is 4.18. The third-order valence-electron chi connectivity index (χ3n) is 2.80. The van der Waals surface area contributed by atoms with E-state index in [2.05, 4.69) is 4.74 Å². The smallest absolute Gasteiger partial charge is 0.300 e. The van der Waals surface area contributed by atoms with Crippen molar-refractivity contribution < 1.29 is 22.7 Å². The number of halogens is 3. The maximum absolute atomic E-state index is 12.3. The maximum Gasteiger partial charge on any atom is 0.523 e. The van der Waals surface area contributed by atoms with Crippen LogP contribution in [0.15, 0.2) is 48.6 Å². The monoisotopic (exact) mass is 268 g/mol. The molecule has 1 aliphatic rings. The molecule has 2 rings (SSSR count). The Balaban J connectivity index is 2.19. The fraction of sp³-hybridized carbons (Fsp3) is 0.214. The molecule has 0 heterocycles. The summed E-state index contributed by atoms with van der Waals surface area (Å²) in [4.78, 5) is 10.9. The molecule has 0 spiro atoms. The van der Waals surface area contributed by atoms with Gasteiger partial charge in [0.2, 0.25) is 0 Å². The van der Waals surface area contributed by atoms with Gasteiger partial charge in [0.1, 0.15) is 0 Å². The summed E-state index contributed by atoms with van der Waals surface area (Å²) in [5.41, 5.74) is -0.301.